The van der Waals surface area contributed by atoms with Crippen molar-refractivity contribution in [2.45, 2.75) is 0 Å². The second-order valence-corrected chi connectivity index (χ2v) is 2.81. The first-order chi connectivity index (χ1) is 6.75. The number of carbonyl (C=O) groups excluding carboxylic acids is 1. The number of nitrogens with two attached hydrogens (primary N) is 1. The zero-order valence-corrected chi connectivity index (χ0v) is 8.10. The van der Waals surface area contributed by atoms with Crippen LogP contribution in [0.25, 0.3) is 0 Å². The number of aromatic nitrogens is 2. The van der Waals surface area contributed by atoms with Gasteiger partial charge in [0.05, 0.1) is 12.5 Å². The second-order valence-electron chi connectivity index (χ2n) is 2.81. The van der Waals surface area contributed by atoms with Crippen LogP contribution >= 0.6 is 0 Å². The average Bonchev–Trinajstić information content (AvgIpc) is 2.59. The van der Waals surface area contributed by atoms with Crippen LogP contribution < -0.4 is 11.1 Å². The topological polar surface area (TPSA) is 72.9 Å². The highest BCUT2D eigenvalue weighted by atomic mass is 16.1. The van der Waals surface area contributed by atoms with E-state index in [4.69, 9.17) is 5.73 Å². The number of imidazole rings is 1. The third kappa shape index (κ3) is 2.70. The minimum absolute atomic E-state index is 0.133. The molecule has 0 unspecified atom stereocenters. The lowest BCUT2D eigenvalue weighted by Gasteiger charge is -2.01. The molecule has 1 amide bonds. The highest BCUT2D eigenvalue weighted by Gasteiger charge is 2.07. The average molecular weight is 194 g/mol. The molecule has 0 aliphatic carbocycles. The van der Waals surface area contributed by atoms with Crippen LogP contribution in [-0.2, 0) is 7.05 Å². The summed E-state index contributed by atoms with van der Waals surface area (Å²) in [6, 6.07) is 0. The van der Waals surface area contributed by atoms with Gasteiger partial charge < -0.3 is 15.6 Å². The smallest absolute Gasteiger partial charge is 0.269 e. The third-order valence-corrected chi connectivity index (χ3v) is 1.73. The third-order valence-electron chi connectivity index (χ3n) is 1.73. The van der Waals surface area contributed by atoms with E-state index in [1.54, 1.807) is 24.0 Å². The molecule has 5 nitrogen and oxygen atoms in total. The quantitative estimate of drug-likeness (QED) is 0.644. The number of nitrogens with zero attached hydrogens (tertiary/aromatic N) is 2. The van der Waals surface area contributed by atoms with Crippen molar-refractivity contribution in [1.29, 1.82) is 0 Å². The largest absolute Gasteiger partial charge is 0.347 e. The maximum absolute atomic E-state index is 11.5. The summed E-state index contributed by atoms with van der Waals surface area (Å²) < 4.78 is 1.67. The van der Waals surface area contributed by atoms with E-state index in [1.165, 1.54) is 6.20 Å². The van der Waals surface area contributed by atoms with E-state index in [0.717, 1.165) is 0 Å². The number of amides is 1. The van der Waals surface area contributed by atoms with Gasteiger partial charge in [0.15, 0.2) is 0 Å². The van der Waals surface area contributed by atoms with Crippen LogP contribution in [0.1, 0.15) is 10.5 Å². The first kappa shape index (κ1) is 10.5. The van der Waals surface area contributed by atoms with Gasteiger partial charge in [-0.15, -0.1) is 0 Å². The van der Waals surface area contributed by atoms with Crippen molar-refractivity contribution in [1.82, 2.24) is 14.9 Å². The fourth-order valence-electron chi connectivity index (χ4n) is 0.998. The summed E-state index contributed by atoms with van der Waals surface area (Å²) in [5.41, 5.74) is 5.80. The van der Waals surface area contributed by atoms with Gasteiger partial charge in [-0.2, -0.15) is 0 Å². The summed E-state index contributed by atoms with van der Waals surface area (Å²) in [5, 5.41) is 2.72. The monoisotopic (exact) mass is 194 g/mol. The SMILES string of the molecule is Cn1cncc1C(=O)NC/C=C/CN. The Kier molecular flexibility index (Phi) is 3.87. The minimum atomic E-state index is -0.133. The van der Waals surface area contributed by atoms with Crippen molar-refractivity contribution in [2.75, 3.05) is 13.1 Å². The van der Waals surface area contributed by atoms with Gasteiger partial charge in [0.2, 0.25) is 0 Å². The molecule has 0 spiro atoms. The van der Waals surface area contributed by atoms with E-state index in [1.807, 2.05) is 6.08 Å². The van der Waals surface area contributed by atoms with E-state index >= 15 is 0 Å². The normalized spacial score (nSPS) is 10.7. The first-order valence-electron chi connectivity index (χ1n) is 4.35. The lowest BCUT2D eigenvalue weighted by Crippen LogP contribution is -2.25. The highest BCUT2D eigenvalue weighted by Crippen LogP contribution is 1.94. The maximum Gasteiger partial charge on any atom is 0.269 e. The molecular weight excluding hydrogens is 180 g/mol. The van der Waals surface area contributed by atoms with E-state index in [0.29, 0.717) is 18.8 Å². The standard InChI is InChI=1S/C9H14N4O/c1-13-7-11-6-8(13)9(14)12-5-3-2-4-10/h2-3,6-7H,4-5,10H2,1H3,(H,12,14)/b3-2+. The van der Waals surface area contributed by atoms with Crippen molar-refractivity contribution in [3.8, 4) is 0 Å². The molecule has 1 heterocycles. The highest BCUT2D eigenvalue weighted by molar-refractivity contribution is 5.92. The molecule has 0 fully saturated rings. The van der Waals surface area contributed by atoms with Crippen LogP contribution in [0.4, 0.5) is 0 Å². The molecule has 0 atom stereocenters. The van der Waals surface area contributed by atoms with Gasteiger partial charge in [-0.1, -0.05) is 12.2 Å². The Hall–Kier alpha value is -1.62. The molecular formula is C9H14N4O. The van der Waals surface area contributed by atoms with Crippen LogP contribution in [0.15, 0.2) is 24.7 Å². The van der Waals surface area contributed by atoms with Gasteiger partial charge >= 0.3 is 0 Å². The molecule has 1 aromatic heterocycles. The van der Waals surface area contributed by atoms with Crippen LogP contribution in [0, 0.1) is 0 Å². The molecule has 0 aliphatic heterocycles. The number of hydrogen-bond donors (Lipinski definition) is 2. The molecule has 14 heavy (non-hydrogen) atoms. The Labute approximate surface area is 82.6 Å². The Bertz CT molecular complexity index is 329. The lowest BCUT2D eigenvalue weighted by molar-refractivity contribution is 0.0950. The van der Waals surface area contributed by atoms with Crippen molar-refractivity contribution in [3.63, 3.8) is 0 Å². The van der Waals surface area contributed by atoms with Gasteiger partial charge in [0.25, 0.3) is 5.91 Å². The first-order valence-corrected chi connectivity index (χ1v) is 4.35. The van der Waals surface area contributed by atoms with Crippen molar-refractivity contribution in [2.24, 2.45) is 12.8 Å². The summed E-state index contributed by atoms with van der Waals surface area (Å²) in [5.74, 6) is -0.133. The molecule has 1 rings (SSSR count). The van der Waals surface area contributed by atoms with Crippen LogP contribution in [-0.4, -0.2) is 28.5 Å². The minimum Gasteiger partial charge on any atom is -0.347 e. The predicted molar refractivity (Wildman–Crippen MR) is 53.7 cm³/mol. The van der Waals surface area contributed by atoms with Crippen molar-refractivity contribution in [3.05, 3.63) is 30.4 Å². The van der Waals surface area contributed by atoms with Gasteiger partial charge in [-0.05, 0) is 0 Å². The van der Waals surface area contributed by atoms with E-state index < -0.39 is 0 Å². The molecule has 1 aromatic rings. The lowest BCUT2D eigenvalue weighted by atomic mass is 10.4. The van der Waals surface area contributed by atoms with Gasteiger partial charge in [-0.3, -0.25) is 4.79 Å². The predicted octanol–water partition coefficient (Wildman–Crippen LogP) is -0.335. The van der Waals surface area contributed by atoms with Gasteiger partial charge in [0.1, 0.15) is 5.69 Å². The molecule has 0 aromatic carbocycles. The summed E-state index contributed by atoms with van der Waals surface area (Å²) in [4.78, 5) is 15.3. The van der Waals surface area contributed by atoms with E-state index in [-0.39, 0.29) is 5.91 Å². The fraction of sp³-hybridized carbons (Fsp3) is 0.333. The molecule has 5 heteroatoms. The van der Waals surface area contributed by atoms with Gasteiger partial charge in [-0.25, -0.2) is 4.98 Å². The molecule has 0 saturated heterocycles. The van der Waals surface area contributed by atoms with E-state index in [2.05, 4.69) is 10.3 Å². The van der Waals surface area contributed by atoms with Crippen LogP contribution in [0.2, 0.25) is 0 Å². The summed E-state index contributed by atoms with van der Waals surface area (Å²) in [6.45, 7) is 0.975. The number of aryl methyl sites for hydroxylation is 1. The van der Waals surface area contributed by atoms with E-state index in [9.17, 15) is 4.79 Å². The Morgan fingerprint density at radius 3 is 3.07 bits per heavy atom. The molecule has 0 bridgehead atoms. The summed E-state index contributed by atoms with van der Waals surface area (Å²) in [7, 11) is 1.78. The zero-order chi connectivity index (χ0) is 10.4. The molecule has 3 N–H and O–H groups in total. The number of hydrogen-bond acceptors (Lipinski definition) is 3. The van der Waals surface area contributed by atoms with Crippen molar-refractivity contribution >= 4 is 5.91 Å². The van der Waals surface area contributed by atoms with Crippen LogP contribution in [0.5, 0.6) is 0 Å². The Morgan fingerprint density at radius 1 is 1.71 bits per heavy atom. The second kappa shape index (κ2) is 5.18. The summed E-state index contributed by atoms with van der Waals surface area (Å²) >= 11 is 0. The molecule has 0 aliphatic rings. The Morgan fingerprint density at radius 2 is 2.50 bits per heavy atom. The Balaban J connectivity index is 2.44. The fourth-order valence-corrected chi connectivity index (χ4v) is 0.998. The number of rotatable bonds is 4. The molecule has 76 valence electrons. The molecule has 0 saturated carbocycles. The number of carbonyl (C=O) groups is 1. The van der Waals surface area contributed by atoms with Crippen LogP contribution in [0.3, 0.4) is 0 Å². The maximum atomic E-state index is 11.5. The van der Waals surface area contributed by atoms with Gasteiger partial charge in [0, 0.05) is 20.1 Å². The van der Waals surface area contributed by atoms with Crippen molar-refractivity contribution < 1.29 is 4.79 Å². The zero-order valence-electron chi connectivity index (χ0n) is 8.10. The summed E-state index contributed by atoms with van der Waals surface area (Å²) in [6.07, 6.45) is 6.73. The molecule has 0 radical (unpaired) electrons. The number of nitrogens with one attached hydrogen (secondary N) is 1.